The van der Waals surface area contributed by atoms with E-state index in [1.54, 1.807) is 29.7 Å². The van der Waals surface area contributed by atoms with Gasteiger partial charge < -0.3 is 10.1 Å². The lowest BCUT2D eigenvalue weighted by Gasteiger charge is -2.42. The molecule has 31 heavy (non-hydrogen) atoms. The van der Waals surface area contributed by atoms with Crippen LogP contribution in [0, 0.1) is 6.92 Å². The van der Waals surface area contributed by atoms with Gasteiger partial charge in [-0.25, -0.2) is 5.48 Å². The molecule has 2 amide bonds. The van der Waals surface area contributed by atoms with Crippen LogP contribution in [0.2, 0.25) is 0 Å². The van der Waals surface area contributed by atoms with Crippen LogP contribution in [-0.2, 0) is 11.4 Å². The largest absolute Gasteiger partial charge is 0.489 e. The summed E-state index contributed by atoms with van der Waals surface area (Å²) < 4.78 is 5.95. The van der Waals surface area contributed by atoms with E-state index in [4.69, 9.17) is 9.94 Å². The second-order valence-electron chi connectivity index (χ2n) is 8.05. The second kappa shape index (κ2) is 8.73. The zero-order chi connectivity index (χ0) is 21.8. The molecule has 0 saturated heterocycles. The van der Waals surface area contributed by atoms with Gasteiger partial charge in [-0.3, -0.25) is 19.8 Å². The number of hydroxylamine groups is 1. The lowest BCUT2D eigenvalue weighted by molar-refractivity contribution is -0.131. The molecule has 7 nitrogen and oxygen atoms in total. The molecule has 160 valence electrons. The molecule has 1 aromatic heterocycles. The number of para-hydroxylation sites is 1. The van der Waals surface area contributed by atoms with Crippen LogP contribution >= 0.6 is 0 Å². The zero-order valence-corrected chi connectivity index (χ0v) is 17.4. The van der Waals surface area contributed by atoms with Gasteiger partial charge in [0, 0.05) is 27.7 Å². The standard InChI is InChI=1S/C24H25N3O4/c1-16-13-18(20-5-2-3-6-21(20)25-16)15-31-19-9-7-17(8-10-19)23(29)26-24(11-4-12-24)14-22(28)27-30/h2-3,5-10,13,30H,4,11-12,14-15H2,1H3,(H,26,29)(H,27,28). The van der Waals surface area contributed by atoms with Gasteiger partial charge in [-0.2, -0.15) is 0 Å². The molecule has 0 unspecified atom stereocenters. The summed E-state index contributed by atoms with van der Waals surface area (Å²) in [6, 6.07) is 16.9. The Morgan fingerprint density at radius 2 is 1.87 bits per heavy atom. The number of benzene rings is 2. The Balaban J connectivity index is 1.41. The van der Waals surface area contributed by atoms with Gasteiger partial charge in [0.05, 0.1) is 11.9 Å². The minimum atomic E-state index is -0.584. The molecule has 0 atom stereocenters. The van der Waals surface area contributed by atoms with Crippen LogP contribution < -0.4 is 15.5 Å². The average molecular weight is 419 g/mol. The number of aromatic nitrogens is 1. The normalized spacial score (nSPS) is 14.5. The van der Waals surface area contributed by atoms with E-state index >= 15 is 0 Å². The first kappa shape index (κ1) is 20.8. The Labute approximate surface area is 180 Å². The quantitative estimate of drug-likeness (QED) is 0.401. The molecule has 4 rings (SSSR count). The Kier molecular flexibility index (Phi) is 5.86. The van der Waals surface area contributed by atoms with Crippen LogP contribution in [0.4, 0.5) is 0 Å². The summed E-state index contributed by atoms with van der Waals surface area (Å²) in [5, 5.41) is 12.8. The number of nitrogens with zero attached hydrogens (tertiary/aromatic N) is 1. The molecule has 1 saturated carbocycles. The number of hydrogen-bond acceptors (Lipinski definition) is 5. The lowest BCUT2D eigenvalue weighted by Crippen LogP contribution is -2.55. The van der Waals surface area contributed by atoms with Crippen LogP contribution in [0.5, 0.6) is 5.75 Å². The Bertz CT molecular complexity index is 1110. The summed E-state index contributed by atoms with van der Waals surface area (Å²) in [4.78, 5) is 28.7. The number of fused-ring (bicyclic) bond motifs is 1. The molecule has 1 aliphatic carbocycles. The number of amides is 2. The van der Waals surface area contributed by atoms with Crippen molar-refractivity contribution < 1.29 is 19.5 Å². The predicted molar refractivity (Wildman–Crippen MR) is 116 cm³/mol. The Hall–Kier alpha value is -3.45. The summed E-state index contributed by atoms with van der Waals surface area (Å²) in [5.41, 5.74) is 4.48. The fraction of sp³-hybridized carbons (Fsp3) is 0.292. The van der Waals surface area contributed by atoms with E-state index in [2.05, 4.69) is 10.3 Å². The van der Waals surface area contributed by atoms with Crippen LogP contribution in [-0.4, -0.2) is 27.5 Å². The Morgan fingerprint density at radius 1 is 1.13 bits per heavy atom. The molecule has 7 heteroatoms. The van der Waals surface area contributed by atoms with E-state index in [1.165, 1.54) is 0 Å². The number of carbonyl (C=O) groups is 2. The number of ether oxygens (including phenoxy) is 1. The maximum absolute atomic E-state index is 12.6. The fourth-order valence-electron chi connectivity index (χ4n) is 3.99. The van der Waals surface area contributed by atoms with Crippen LogP contribution in [0.25, 0.3) is 10.9 Å². The van der Waals surface area contributed by atoms with Crippen molar-refractivity contribution in [2.24, 2.45) is 0 Å². The SMILES string of the molecule is Cc1cc(COc2ccc(C(=O)NC3(CC(=O)NO)CCC3)cc2)c2ccccc2n1. The lowest BCUT2D eigenvalue weighted by atomic mass is 9.74. The van der Waals surface area contributed by atoms with Gasteiger partial charge in [0.25, 0.3) is 5.91 Å². The van der Waals surface area contributed by atoms with E-state index < -0.39 is 11.4 Å². The molecule has 1 fully saturated rings. The van der Waals surface area contributed by atoms with E-state index in [9.17, 15) is 9.59 Å². The molecule has 0 spiro atoms. The molecular formula is C24H25N3O4. The van der Waals surface area contributed by atoms with Crippen LogP contribution in [0.15, 0.2) is 54.6 Å². The summed E-state index contributed by atoms with van der Waals surface area (Å²) >= 11 is 0. The van der Waals surface area contributed by atoms with Crippen molar-refractivity contribution >= 4 is 22.7 Å². The van der Waals surface area contributed by atoms with Gasteiger partial charge >= 0.3 is 0 Å². The van der Waals surface area contributed by atoms with Gasteiger partial charge in [0.1, 0.15) is 12.4 Å². The van der Waals surface area contributed by atoms with Gasteiger partial charge in [-0.15, -0.1) is 0 Å². The molecule has 0 radical (unpaired) electrons. The molecular weight excluding hydrogens is 394 g/mol. The van der Waals surface area contributed by atoms with E-state index in [0.717, 1.165) is 28.6 Å². The van der Waals surface area contributed by atoms with Crippen molar-refractivity contribution in [1.29, 1.82) is 0 Å². The highest BCUT2D eigenvalue weighted by atomic mass is 16.5. The summed E-state index contributed by atoms with van der Waals surface area (Å²) in [6.45, 7) is 2.36. The zero-order valence-electron chi connectivity index (χ0n) is 17.4. The van der Waals surface area contributed by atoms with E-state index in [-0.39, 0.29) is 12.3 Å². The van der Waals surface area contributed by atoms with E-state index in [0.29, 0.717) is 30.8 Å². The maximum atomic E-state index is 12.6. The molecule has 2 aromatic carbocycles. The minimum absolute atomic E-state index is 0.0652. The summed E-state index contributed by atoms with van der Waals surface area (Å²) in [6.07, 6.45) is 2.43. The van der Waals surface area contributed by atoms with Gasteiger partial charge in [-0.05, 0) is 62.6 Å². The van der Waals surface area contributed by atoms with Gasteiger partial charge in [-0.1, -0.05) is 18.2 Å². The number of hydrogen-bond donors (Lipinski definition) is 3. The number of carbonyl (C=O) groups excluding carboxylic acids is 2. The van der Waals surface area contributed by atoms with Gasteiger partial charge in [0.15, 0.2) is 0 Å². The molecule has 3 N–H and O–H groups in total. The Morgan fingerprint density at radius 3 is 2.55 bits per heavy atom. The minimum Gasteiger partial charge on any atom is -0.489 e. The third-order valence-electron chi connectivity index (χ3n) is 5.75. The number of rotatable bonds is 7. The highest BCUT2D eigenvalue weighted by molar-refractivity contribution is 5.95. The van der Waals surface area contributed by atoms with Crippen molar-refractivity contribution in [2.45, 2.75) is 44.8 Å². The third-order valence-corrected chi connectivity index (χ3v) is 5.75. The molecule has 1 aliphatic rings. The fourth-order valence-corrected chi connectivity index (χ4v) is 3.99. The van der Waals surface area contributed by atoms with Crippen molar-refractivity contribution in [3.05, 3.63) is 71.4 Å². The highest BCUT2D eigenvalue weighted by Gasteiger charge is 2.40. The summed E-state index contributed by atoms with van der Waals surface area (Å²) in [5.74, 6) is -0.0801. The van der Waals surface area contributed by atoms with E-state index in [1.807, 2.05) is 37.3 Å². The molecule has 3 aromatic rings. The van der Waals surface area contributed by atoms with Crippen molar-refractivity contribution in [1.82, 2.24) is 15.8 Å². The van der Waals surface area contributed by atoms with Gasteiger partial charge in [0.2, 0.25) is 5.91 Å². The van der Waals surface area contributed by atoms with Crippen LogP contribution in [0.1, 0.15) is 47.3 Å². The highest BCUT2D eigenvalue weighted by Crippen LogP contribution is 2.35. The average Bonchev–Trinajstić information content (AvgIpc) is 2.75. The molecule has 0 bridgehead atoms. The molecule has 0 aliphatic heterocycles. The first-order chi connectivity index (χ1) is 15.0. The number of aryl methyl sites for hydroxylation is 1. The van der Waals surface area contributed by atoms with Crippen molar-refractivity contribution in [3.8, 4) is 5.75 Å². The molecule has 1 heterocycles. The first-order valence-electron chi connectivity index (χ1n) is 10.3. The maximum Gasteiger partial charge on any atom is 0.251 e. The summed E-state index contributed by atoms with van der Waals surface area (Å²) in [7, 11) is 0. The smallest absolute Gasteiger partial charge is 0.251 e. The van der Waals surface area contributed by atoms with Crippen molar-refractivity contribution in [2.75, 3.05) is 0 Å². The van der Waals surface area contributed by atoms with Crippen LogP contribution in [0.3, 0.4) is 0 Å². The monoisotopic (exact) mass is 419 g/mol. The topological polar surface area (TPSA) is 101 Å². The second-order valence-corrected chi connectivity index (χ2v) is 8.05. The number of nitrogens with one attached hydrogen (secondary N) is 2. The van der Waals surface area contributed by atoms with Crippen molar-refractivity contribution in [3.63, 3.8) is 0 Å². The predicted octanol–water partition coefficient (Wildman–Crippen LogP) is 3.67. The number of pyridine rings is 1. The third kappa shape index (κ3) is 4.67. The first-order valence-corrected chi connectivity index (χ1v) is 10.3.